The van der Waals surface area contributed by atoms with Gasteiger partial charge in [-0.2, -0.15) is 0 Å². The maximum absolute atomic E-state index is 11.8. The zero-order chi connectivity index (χ0) is 22.7. The van der Waals surface area contributed by atoms with Crippen molar-refractivity contribution in [3.8, 4) is 0 Å². The van der Waals surface area contributed by atoms with Gasteiger partial charge in [-0.1, -0.05) is 0 Å². The van der Waals surface area contributed by atoms with Crippen molar-refractivity contribution in [1.29, 1.82) is 0 Å². The van der Waals surface area contributed by atoms with Gasteiger partial charge < -0.3 is 39.5 Å². The molecule has 172 valence electrons. The van der Waals surface area contributed by atoms with Crippen LogP contribution in [0.4, 0.5) is 0 Å². The van der Waals surface area contributed by atoms with Crippen LogP contribution >= 0.6 is 0 Å². The van der Waals surface area contributed by atoms with E-state index < -0.39 is 54.5 Å². The first-order valence-electron chi connectivity index (χ1n) is 9.45. The van der Waals surface area contributed by atoms with Crippen LogP contribution in [-0.4, -0.2) is 87.4 Å². The number of hydrogen-bond acceptors (Lipinski definition) is 11. The summed E-state index contributed by atoms with van der Waals surface area (Å²) in [7, 11) is 0. The molecule has 0 spiro atoms. The lowest BCUT2D eigenvalue weighted by Gasteiger charge is -2.44. The highest BCUT2D eigenvalue weighted by Crippen LogP contribution is 2.28. The molecule has 3 N–H and O–H groups in total. The highest BCUT2D eigenvalue weighted by atomic mass is 16.7. The topological polar surface area (TPSA) is 162 Å². The van der Waals surface area contributed by atoms with Crippen molar-refractivity contribution in [2.45, 2.75) is 58.3 Å². The third kappa shape index (κ3) is 9.03. The Labute approximate surface area is 174 Å². The van der Waals surface area contributed by atoms with Crippen LogP contribution in [0, 0.1) is 0 Å². The molecule has 1 heterocycles. The molecule has 1 saturated heterocycles. The molecule has 12 heteroatoms. The molecule has 1 rings (SSSR count). The second kappa shape index (κ2) is 13.1. The van der Waals surface area contributed by atoms with Crippen molar-refractivity contribution in [1.82, 2.24) is 5.32 Å². The van der Waals surface area contributed by atoms with E-state index in [1.165, 1.54) is 27.7 Å². The highest BCUT2D eigenvalue weighted by Gasteiger charge is 2.51. The molecule has 1 aliphatic rings. The first-order valence-corrected chi connectivity index (χ1v) is 9.45. The molecule has 1 amide bonds. The Balaban J connectivity index is 3.13. The van der Waals surface area contributed by atoms with Crippen molar-refractivity contribution in [3.05, 3.63) is 0 Å². The van der Waals surface area contributed by atoms with Gasteiger partial charge >= 0.3 is 17.9 Å². The van der Waals surface area contributed by atoms with Gasteiger partial charge in [-0.25, -0.2) is 0 Å². The van der Waals surface area contributed by atoms with E-state index >= 15 is 0 Å². The minimum Gasteiger partial charge on any atom is -0.463 e. The average Bonchev–Trinajstić information content (AvgIpc) is 2.63. The van der Waals surface area contributed by atoms with Crippen LogP contribution in [0.2, 0.25) is 0 Å². The Bertz CT molecular complexity index is 600. The molecule has 1 unspecified atom stereocenters. The number of hydrogen-bond donors (Lipinski definition) is 2. The summed E-state index contributed by atoms with van der Waals surface area (Å²) in [5, 5.41) is 2.60. The SMILES string of the molecule is CC(=O)N[C@H]1[C@H](OCCOCCN)OC(COC(C)=O)[C@H](OC(C)=O)[C@@H]1OC(C)=O. The predicted molar refractivity (Wildman–Crippen MR) is 99.8 cm³/mol. The zero-order valence-corrected chi connectivity index (χ0v) is 17.6. The molecule has 12 nitrogen and oxygen atoms in total. The van der Waals surface area contributed by atoms with Crippen molar-refractivity contribution in [3.63, 3.8) is 0 Å². The Kier molecular flexibility index (Phi) is 11.3. The number of nitrogens with one attached hydrogen (secondary N) is 1. The molecule has 30 heavy (non-hydrogen) atoms. The first-order chi connectivity index (χ1) is 14.1. The van der Waals surface area contributed by atoms with E-state index in [0.717, 1.165) is 0 Å². The first kappa shape index (κ1) is 25.8. The minimum absolute atomic E-state index is 0.0755. The van der Waals surface area contributed by atoms with Crippen molar-refractivity contribution < 1.29 is 47.6 Å². The number of rotatable bonds is 11. The lowest BCUT2D eigenvalue weighted by molar-refractivity contribution is -0.279. The van der Waals surface area contributed by atoms with Gasteiger partial charge in [-0.3, -0.25) is 19.2 Å². The number of esters is 3. The smallest absolute Gasteiger partial charge is 0.303 e. The van der Waals surface area contributed by atoms with E-state index in [2.05, 4.69) is 5.32 Å². The quantitative estimate of drug-likeness (QED) is 0.224. The summed E-state index contributed by atoms with van der Waals surface area (Å²) in [4.78, 5) is 46.4. The van der Waals surface area contributed by atoms with Gasteiger partial charge in [0, 0.05) is 34.2 Å². The summed E-state index contributed by atoms with van der Waals surface area (Å²) >= 11 is 0. The van der Waals surface area contributed by atoms with Crippen LogP contribution < -0.4 is 11.1 Å². The Morgan fingerprint density at radius 3 is 2.07 bits per heavy atom. The molecule has 0 radical (unpaired) electrons. The van der Waals surface area contributed by atoms with E-state index in [4.69, 9.17) is 34.2 Å². The van der Waals surface area contributed by atoms with Gasteiger partial charge in [0.1, 0.15) is 18.8 Å². The molecule has 1 aliphatic heterocycles. The third-order valence-electron chi connectivity index (χ3n) is 3.84. The Morgan fingerprint density at radius 1 is 0.900 bits per heavy atom. The second-order valence-corrected chi connectivity index (χ2v) is 6.49. The monoisotopic (exact) mass is 434 g/mol. The number of nitrogens with two attached hydrogens (primary N) is 1. The maximum Gasteiger partial charge on any atom is 0.303 e. The van der Waals surface area contributed by atoms with E-state index in [9.17, 15) is 19.2 Å². The third-order valence-corrected chi connectivity index (χ3v) is 3.84. The van der Waals surface area contributed by atoms with E-state index in [1.807, 2.05) is 0 Å². The van der Waals surface area contributed by atoms with Crippen LogP contribution in [-0.2, 0) is 47.6 Å². The van der Waals surface area contributed by atoms with Crippen molar-refractivity contribution in [2.24, 2.45) is 5.73 Å². The molecule has 0 aliphatic carbocycles. The molecule has 0 bridgehead atoms. The van der Waals surface area contributed by atoms with Gasteiger partial charge in [-0.15, -0.1) is 0 Å². The molecule has 5 atom stereocenters. The van der Waals surface area contributed by atoms with Crippen molar-refractivity contribution >= 4 is 23.8 Å². The summed E-state index contributed by atoms with van der Waals surface area (Å²) in [5.41, 5.74) is 5.36. The minimum atomic E-state index is -1.16. The normalized spacial score (nSPS) is 25.8. The second-order valence-electron chi connectivity index (χ2n) is 6.49. The highest BCUT2D eigenvalue weighted by molar-refractivity contribution is 5.73. The van der Waals surface area contributed by atoms with E-state index in [1.54, 1.807) is 0 Å². The Hall–Kier alpha value is -2.28. The number of carbonyl (C=O) groups is 4. The van der Waals surface area contributed by atoms with Gasteiger partial charge in [-0.05, 0) is 0 Å². The predicted octanol–water partition coefficient (Wildman–Crippen LogP) is -1.37. The molecule has 0 saturated carbocycles. The Morgan fingerprint density at radius 2 is 1.53 bits per heavy atom. The fourth-order valence-corrected chi connectivity index (χ4v) is 2.84. The van der Waals surface area contributed by atoms with Crippen LogP contribution in [0.15, 0.2) is 0 Å². The van der Waals surface area contributed by atoms with Crippen molar-refractivity contribution in [2.75, 3.05) is 33.0 Å². The number of ether oxygens (including phenoxy) is 6. The summed E-state index contributed by atoms with van der Waals surface area (Å²) in [6.45, 7) is 5.47. The molecule has 1 fully saturated rings. The van der Waals surface area contributed by atoms with Crippen LogP contribution in [0.5, 0.6) is 0 Å². The van der Waals surface area contributed by atoms with E-state index in [-0.39, 0.29) is 19.8 Å². The summed E-state index contributed by atoms with van der Waals surface area (Å²) in [5.74, 6) is -2.38. The fraction of sp³-hybridized carbons (Fsp3) is 0.778. The largest absolute Gasteiger partial charge is 0.463 e. The number of carbonyl (C=O) groups excluding carboxylic acids is 4. The molecule has 0 aromatic heterocycles. The summed E-state index contributed by atoms with van der Waals surface area (Å²) in [6.07, 6.45) is -4.43. The molecular formula is C18H30N2O10. The van der Waals surface area contributed by atoms with Gasteiger partial charge in [0.25, 0.3) is 0 Å². The lowest BCUT2D eigenvalue weighted by Crippen LogP contribution is -2.66. The average molecular weight is 434 g/mol. The van der Waals surface area contributed by atoms with Crippen LogP contribution in [0.25, 0.3) is 0 Å². The van der Waals surface area contributed by atoms with Gasteiger partial charge in [0.15, 0.2) is 18.5 Å². The fourth-order valence-electron chi connectivity index (χ4n) is 2.84. The van der Waals surface area contributed by atoms with Crippen LogP contribution in [0.3, 0.4) is 0 Å². The summed E-state index contributed by atoms with van der Waals surface area (Å²) in [6, 6.07) is -1.00. The van der Waals surface area contributed by atoms with Gasteiger partial charge in [0.05, 0.1) is 19.8 Å². The van der Waals surface area contributed by atoms with Gasteiger partial charge in [0.2, 0.25) is 5.91 Å². The molecular weight excluding hydrogens is 404 g/mol. The molecule has 0 aromatic carbocycles. The standard InChI is InChI=1S/C18H30N2O10/c1-10(21)20-15-17(29-13(4)24)16(28-12(3)23)14(9-27-11(2)22)30-18(15)26-8-7-25-6-5-19/h14-18H,5-9,19H2,1-4H3,(H,20,21)/t14?,15-,16+,17-,18-/m1/s1. The number of amides is 1. The van der Waals surface area contributed by atoms with E-state index in [0.29, 0.717) is 13.2 Å². The zero-order valence-electron chi connectivity index (χ0n) is 17.6. The lowest BCUT2D eigenvalue weighted by atomic mass is 9.96. The molecule has 0 aromatic rings. The summed E-state index contributed by atoms with van der Waals surface area (Å²) < 4.78 is 32.4. The van der Waals surface area contributed by atoms with Crippen LogP contribution in [0.1, 0.15) is 27.7 Å². The maximum atomic E-state index is 11.8.